The second-order valence-electron chi connectivity index (χ2n) is 6.37. The third-order valence-corrected chi connectivity index (χ3v) is 4.56. The average molecular weight is 375 g/mol. The van der Waals surface area contributed by atoms with Gasteiger partial charge in [-0.05, 0) is 48.4 Å². The Balaban J connectivity index is 1.91. The molecular weight excluding hydrogens is 356 g/mol. The lowest BCUT2D eigenvalue weighted by molar-refractivity contribution is 0.0998. The minimum Gasteiger partial charge on any atom is -0.294 e. The molecule has 134 valence electrons. The summed E-state index contributed by atoms with van der Waals surface area (Å²) < 4.78 is 0. The Bertz CT molecular complexity index is 969. The minimum atomic E-state index is -0.113. The van der Waals surface area contributed by atoms with E-state index >= 15 is 0 Å². The van der Waals surface area contributed by atoms with Gasteiger partial charge in [-0.15, -0.1) is 0 Å². The SMILES string of the molecule is Cc1ccc(C(=O)/C=C(\CC(=O)c2ccc(Cl)cc2)c2ccccc2)cc1. The van der Waals surface area contributed by atoms with E-state index in [-0.39, 0.29) is 18.0 Å². The van der Waals surface area contributed by atoms with E-state index in [0.29, 0.717) is 21.7 Å². The number of aryl methyl sites for hydroxylation is 1. The summed E-state index contributed by atoms with van der Waals surface area (Å²) in [6.45, 7) is 1.98. The Labute approximate surface area is 164 Å². The molecule has 0 aromatic heterocycles. The smallest absolute Gasteiger partial charge is 0.186 e. The number of halogens is 1. The van der Waals surface area contributed by atoms with E-state index in [1.807, 2.05) is 49.4 Å². The highest BCUT2D eigenvalue weighted by Crippen LogP contribution is 2.22. The number of allylic oxidation sites excluding steroid dienone is 2. The van der Waals surface area contributed by atoms with Gasteiger partial charge >= 0.3 is 0 Å². The third-order valence-electron chi connectivity index (χ3n) is 4.30. The van der Waals surface area contributed by atoms with Gasteiger partial charge in [0.25, 0.3) is 0 Å². The number of carbonyl (C=O) groups is 2. The molecule has 0 aliphatic carbocycles. The molecule has 3 rings (SSSR count). The van der Waals surface area contributed by atoms with Gasteiger partial charge in [0.1, 0.15) is 0 Å². The number of carbonyl (C=O) groups excluding carboxylic acids is 2. The fraction of sp³-hybridized carbons (Fsp3) is 0.0833. The van der Waals surface area contributed by atoms with Crippen LogP contribution in [0.4, 0.5) is 0 Å². The predicted molar refractivity (Wildman–Crippen MR) is 110 cm³/mol. The third kappa shape index (κ3) is 5.02. The summed E-state index contributed by atoms with van der Waals surface area (Å²) in [5.41, 5.74) is 3.83. The Kier molecular flexibility index (Phi) is 6.00. The minimum absolute atomic E-state index is 0.0570. The number of ketones is 2. The molecule has 0 atom stereocenters. The van der Waals surface area contributed by atoms with Crippen molar-refractivity contribution in [2.45, 2.75) is 13.3 Å². The second-order valence-corrected chi connectivity index (χ2v) is 6.81. The zero-order valence-electron chi connectivity index (χ0n) is 15.0. The van der Waals surface area contributed by atoms with E-state index in [0.717, 1.165) is 11.1 Å². The standard InChI is InChI=1S/C24H19ClO2/c1-17-7-9-19(10-8-17)23(26)15-21(18-5-3-2-4-6-18)16-24(27)20-11-13-22(25)14-12-20/h2-15H,16H2,1H3/b21-15+. The monoisotopic (exact) mass is 374 g/mol. The summed E-state index contributed by atoms with van der Waals surface area (Å²) >= 11 is 5.90. The van der Waals surface area contributed by atoms with Crippen LogP contribution in [0.2, 0.25) is 5.02 Å². The molecule has 0 amide bonds. The predicted octanol–water partition coefficient (Wildman–Crippen LogP) is 6.19. The van der Waals surface area contributed by atoms with Crippen molar-refractivity contribution in [3.05, 3.63) is 112 Å². The highest BCUT2D eigenvalue weighted by molar-refractivity contribution is 6.30. The van der Waals surface area contributed by atoms with Gasteiger partial charge < -0.3 is 0 Å². The second kappa shape index (κ2) is 8.61. The van der Waals surface area contributed by atoms with E-state index in [2.05, 4.69) is 0 Å². The quantitative estimate of drug-likeness (QED) is 0.381. The molecule has 0 fully saturated rings. The molecule has 0 saturated carbocycles. The molecule has 3 aromatic rings. The van der Waals surface area contributed by atoms with Gasteiger partial charge in [-0.3, -0.25) is 9.59 Å². The summed E-state index contributed by atoms with van der Waals surface area (Å²) in [6.07, 6.45) is 1.71. The summed E-state index contributed by atoms with van der Waals surface area (Å²) in [6, 6.07) is 23.7. The largest absolute Gasteiger partial charge is 0.294 e. The van der Waals surface area contributed by atoms with Crippen molar-refractivity contribution in [2.75, 3.05) is 0 Å². The fourth-order valence-electron chi connectivity index (χ4n) is 2.76. The molecule has 0 heterocycles. The van der Waals surface area contributed by atoms with Crippen LogP contribution in [-0.2, 0) is 0 Å². The van der Waals surface area contributed by atoms with Crippen LogP contribution in [0.25, 0.3) is 5.57 Å². The lowest BCUT2D eigenvalue weighted by atomic mass is 9.95. The Hall–Kier alpha value is -2.97. The van der Waals surface area contributed by atoms with Crippen LogP contribution in [0, 0.1) is 6.92 Å². The highest BCUT2D eigenvalue weighted by atomic mass is 35.5. The molecule has 0 bridgehead atoms. The van der Waals surface area contributed by atoms with Crippen molar-refractivity contribution in [3.63, 3.8) is 0 Å². The van der Waals surface area contributed by atoms with Crippen LogP contribution in [0.1, 0.15) is 38.3 Å². The lowest BCUT2D eigenvalue weighted by Crippen LogP contribution is -2.03. The van der Waals surface area contributed by atoms with Gasteiger partial charge in [0.2, 0.25) is 0 Å². The molecule has 3 heteroatoms. The van der Waals surface area contributed by atoms with E-state index < -0.39 is 0 Å². The molecule has 3 aromatic carbocycles. The number of rotatable bonds is 6. The molecule has 0 aliphatic heterocycles. The van der Waals surface area contributed by atoms with E-state index in [4.69, 9.17) is 11.6 Å². The molecule has 0 aliphatic rings. The molecule has 0 radical (unpaired) electrons. The van der Waals surface area contributed by atoms with E-state index in [1.165, 1.54) is 0 Å². The number of hydrogen-bond donors (Lipinski definition) is 0. The molecule has 27 heavy (non-hydrogen) atoms. The zero-order valence-corrected chi connectivity index (χ0v) is 15.7. The first-order chi connectivity index (χ1) is 13.0. The maximum atomic E-state index is 12.7. The normalized spacial score (nSPS) is 11.3. The van der Waals surface area contributed by atoms with Crippen molar-refractivity contribution >= 4 is 28.7 Å². The van der Waals surface area contributed by atoms with Gasteiger partial charge in [0.05, 0.1) is 0 Å². The Morgan fingerprint density at radius 3 is 2.00 bits per heavy atom. The van der Waals surface area contributed by atoms with Crippen LogP contribution >= 0.6 is 11.6 Å². The summed E-state index contributed by atoms with van der Waals surface area (Å²) in [7, 11) is 0. The van der Waals surface area contributed by atoms with E-state index in [1.54, 1.807) is 42.5 Å². The van der Waals surface area contributed by atoms with Crippen LogP contribution in [0.5, 0.6) is 0 Å². The number of Topliss-reactive ketones (excluding diaryl/α,β-unsaturated/α-hetero) is 1. The summed E-state index contributed by atoms with van der Waals surface area (Å²) in [5, 5.41) is 0.583. The van der Waals surface area contributed by atoms with Crippen LogP contribution in [0.15, 0.2) is 84.9 Å². The Morgan fingerprint density at radius 1 is 0.778 bits per heavy atom. The molecule has 0 N–H and O–H groups in total. The van der Waals surface area contributed by atoms with Gasteiger partial charge in [-0.25, -0.2) is 0 Å². The van der Waals surface area contributed by atoms with Gasteiger partial charge in [-0.2, -0.15) is 0 Å². The van der Waals surface area contributed by atoms with Crippen molar-refractivity contribution in [1.82, 2.24) is 0 Å². The lowest BCUT2D eigenvalue weighted by Gasteiger charge is -2.08. The molecule has 2 nitrogen and oxygen atoms in total. The average Bonchev–Trinajstić information content (AvgIpc) is 2.69. The maximum absolute atomic E-state index is 12.7. The first-order valence-electron chi connectivity index (χ1n) is 8.69. The Morgan fingerprint density at radius 2 is 1.37 bits per heavy atom. The molecule has 0 spiro atoms. The van der Waals surface area contributed by atoms with Gasteiger partial charge in [0.15, 0.2) is 11.6 Å². The topological polar surface area (TPSA) is 34.1 Å². The first-order valence-corrected chi connectivity index (χ1v) is 9.06. The van der Waals surface area contributed by atoms with Crippen molar-refractivity contribution in [3.8, 4) is 0 Å². The van der Waals surface area contributed by atoms with E-state index in [9.17, 15) is 9.59 Å². The maximum Gasteiger partial charge on any atom is 0.186 e. The van der Waals surface area contributed by atoms with Gasteiger partial charge in [0, 0.05) is 22.6 Å². The number of benzene rings is 3. The van der Waals surface area contributed by atoms with Crippen molar-refractivity contribution in [1.29, 1.82) is 0 Å². The van der Waals surface area contributed by atoms with Gasteiger partial charge in [-0.1, -0.05) is 71.8 Å². The van der Waals surface area contributed by atoms with Crippen molar-refractivity contribution in [2.24, 2.45) is 0 Å². The van der Waals surface area contributed by atoms with Crippen molar-refractivity contribution < 1.29 is 9.59 Å². The van der Waals surface area contributed by atoms with Crippen LogP contribution < -0.4 is 0 Å². The molecular formula is C24H19ClO2. The molecule has 0 unspecified atom stereocenters. The fourth-order valence-corrected chi connectivity index (χ4v) is 2.88. The first kappa shape index (κ1) is 18.8. The summed E-state index contributed by atoms with van der Waals surface area (Å²) in [4.78, 5) is 25.4. The summed E-state index contributed by atoms with van der Waals surface area (Å²) in [5.74, 6) is -0.170. The molecule has 0 saturated heterocycles. The zero-order chi connectivity index (χ0) is 19.2. The van der Waals surface area contributed by atoms with Crippen LogP contribution in [-0.4, -0.2) is 11.6 Å². The number of hydrogen-bond acceptors (Lipinski definition) is 2. The van der Waals surface area contributed by atoms with Crippen LogP contribution in [0.3, 0.4) is 0 Å². The highest BCUT2D eigenvalue weighted by Gasteiger charge is 2.13.